The molecule has 3 aromatic rings. The molecule has 216 valence electrons. The number of benzene rings is 2. The Hall–Kier alpha value is -3.84. The lowest BCUT2D eigenvalue weighted by Crippen LogP contribution is -2.28. The lowest BCUT2D eigenvalue weighted by atomic mass is 9.75. The van der Waals surface area contributed by atoms with Gasteiger partial charge >= 0.3 is 0 Å². The Morgan fingerprint density at radius 1 is 1.00 bits per heavy atom. The number of aliphatic hydroxyl groups excluding tert-OH is 1. The van der Waals surface area contributed by atoms with Crippen LogP contribution in [-0.4, -0.2) is 39.1 Å². The highest BCUT2D eigenvalue weighted by molar-refractivity contribution is 6.01. The van der Waals surface area contributed by atoms with Gasteiger partial charge in [-0.3, -0.25) is 9.59 Å². The molecule has 1 fully saturated rings. The van der Waals surface area contributed by atoms with Gasteiger partial charge in [0.1, 0.15) is 17.3 Å². The summed E-state index contributed by atoms with van der Waals surface area (Å²) in [7, 11) is 0. The van der Waals surface area contributed by atoms with Crippen LogP contribution in [0.1, 0.15) is 79.7 Å². The van der Waals surface area contributed by atoms with Crippen molar-refractivity contribution in [2.45, 2.75) is 82.3 Å². The predicted molar refractivity (Wildman–Crippen MR) is 156 cm³/mol. The molecule has 0 bridgehead atoms. The summed E-state index contributed by atoms with van der Waals surface area (Å²) in [5.74, 6) is -0.308. The quantitative estimate of drug-likeness (QED) is 0.233. The largest absolute Gasteiger partial charge is 0.664 e. The van der Waals surface area contributed by atoms with E-state index in [4.69, 9.17) is 4.74 Å². The Kier molecular flexibility index (Phi) is 9.24. The third-order valence-corrected chi connectivity index (χ3v) is 8.32. The highest BCUT2D eigenvalue weighted by Crippen LogP contribution is 2.39. The summed E-state index contributed by atoms with van der Waals surface area (Å²) >= 11 is 0. The van der Waals surface area contributed by atoms with Crippen LogP contribution >= 0.6 is 0 Å². The predicted octanol–water partition coefficient (Wildman–Crippen LogP) is 5.65. The van der Waals surface area contributed by atoms with Gasteiger partial charge in [-0.1, -0.05) is 42.0 Å². The van der Waals surface area contributed by atoms with Crippen molar-refractivity contribution in [3.8, 4) is 17.2 Å². The molecule has 0 amide bonds. The molecule has 3 N–H and O–H groups in total. The maximum atomic E-state index is 13.4. The van der Waals surface area contributed by atoms with Crippen molar-refractivity contribution in [3.63, 3.8) is 0 Å². The zero-order chi connectivity index (χ0) is 28.8. The number of aryl methyl sites for hydroxylation is 2. The lowest BCUT2D eigenvalue weighted by Gasteiger charge is -2.31. The summed E-state index contributed by atoms with van der Waals surface area (Å²) in [6.45, 7) is 0. The number of allylic oxidation sites excluding steroid dienone is 1. The van der Waals surface area contributed by atoms with Gasteiger partial charge in [-0.05, 0) is 92.7 Å². The van der Waals surface area contributed by atoms with E-state index >= 15 is 0 Å². The molecule has 0 spiro atoms. The molecule has 0 aliphatic heterocycles. The second-order valence-electron chi connectivity index (χ2n) is 11.4. The standard InChI is InChI=1S/C34H38NO6/c36-24-5-3-4-22(18-24)8-11-25(37)20-30-28-16-17-35-31(28)14-13-29(30)33(40)21-26(38)12-9-23-10-15-32(39)34(19-23)41-27-6-1-2-7-27/h3-5,10,13-19,25,27,29-30,36-37,39H,1-2,6-9,11-12,20-21H2/q-1/t25-,29-,30-/m1/s1. The molecule has 1 aromatic heterocycles. The number of phenols is 2. The van der Waals surface area contributed by atoms with E-state index in [-0.39, 0.29) is 47.9 Å². The number of rotatable bonds is 13. The normalized spacial score (nSPS) is 19.1. The molecule has 3 atom stereocenters. The van der Waals surface area contributed by atoms with Crippen molar-refractivity contribution in [2.24, 2.45) is 5.92 Å². The molecule has 2 aromatic carbocycles. The van der Waals surface area contributed by atoms with Gasteiger partial charge in [0, 0.05) is 12.3 Å². The van der Waals surface area contributed by atoms with Crippen molar-refractivity contribution in [1.82, 2.24) is 4.98 Å². The number of nitrogens with zero attached hydrogens (tertiary/aromatic N) is 1. The van der Waals surface area contributed by atoms with Crippen molar-refractivity contribution < 1.29 is 29.6 Å². The molecule has 0 radical (unpaired) electrons. The Balaban J connectivity index is 1.17. The van der Waals surface area contributed by atoms with Gasteiger partial charge in [0.2, 0.25) is 0 Å². The number of aromatic hydroxyl groups is 2. The van der Waals surface area contributed by atoms with Gasteiger partial charge in [-0.2, -0.15) is 6.20 Å². The van der Waals surface area contributed by atoms with E-state index < -0.39 is 12.0 Å². The average Bonchev–Trinajstić information content (AvgIpc) is 3.65. The van der Waals surface area contributed by atoms with Gasteiger partial charge in [0.25, 0.3) is 0 Å². The number of carbonyl (C=O) groups is 2. The van der Waals surface area contributed by atoms with Crippen molar-refractivity contribution in [2.75, 3.05) is 0 Å². The SMILES string of the molecule is O=C(CCc1ccc(O)c(OC2CCCC2)c1)CC(=O)[C@@H]1C=Cc2[n-]ccc2[C@H]1C[C@H](O)CCc1cccc(O)c1. The number of phenolic OH excluding ortho intramolecular Hbond substituents is 2. The van der Waals surface area contributed by atoms with E-state index in [0.717, 1.165) is 48.1 Å². The van der Waals surface area contributed by atoms with E-state index in [1.807, 2.05) is 24.3 Å². The fraction of sp³-hybridized carbons (Fsp3) is 0.412. The molecular weight excluding hydrogens is 518 g/mol. The summed E-state index contributed by atoms with van der Waals surface area (Å²) in [6.07, 6.45) is 11.0. The molecule has 5 rings (SSSR count). The molecule has 0 saturated heterocycles. The molecular formula is C34H38NO6-. The first kappa shape index (κ1) is 28.7. The Bertz CT molecular complexity index is 1390. The fourth-order valence-corrected chi connectivity index (χ4v) is 6.07. The fourth-order valence-electron chi connectivity index (χ4n) is 6.07. The second kappa shape index (κ2) is 13.2. The first-order valence-electron chi connectivity index (χ1n) is 14.6. The molecule has 41 heavy (non-hydrogen) atoms. The highest BCUT2D eigenvalue weighted by Gasteiger charge is 2.32. The minimum absolute atomic E-state index is 0.0998. The minimum Gasteiger partial charge on any atom is -0.664 e. The Morgan fingerprint density at radius 2 is 1.80 bits per heavy atom. The van der Waals surface area contributed by atoms with Crippen LogP contribution in [-0.2, 0) is 22.4 Å². The number of fused-ring (bicyclic) bond motifs is 1. The zero-order valence-electron chi connectivity index (χ0n) is 23.2. The van der Waals surface area contributed by atoms with Crippen LogP contribution in [0, 0.1) is 5.92 Å². The summed E-state index contributed by atoms with van der Waals surface area (Å²) in [5.41, 5.74) is 3.55. The van der Waals surface area contributed by atoms with E-state index in [1.54, 1.807) is 42.6 Å². The molecule has 0 unspecified atom stereocenters. The molecule has 1 saturated carbocycles. The summed E-state index contributed by atoms with van der Waals surface area (Å²) in [4.78, 5) is 30.7. The van der Waals surface area contributed by atoms with Crippen LogP contribution in [0.5, 0.6) is 17.2 Å². The molecule has 2 aliphatic rings. The lowest BCUT2D eigenvalue weighted by molar-refractivity contribution is -0.128. The van der Waals surface area contributed by atoms with Gasteiger partial charge in [-0.15, -0.1) is 5.69 Å². The van der Waals surface area contributed by atoms with Crippen LogP contribution in [0.2, 0.25) is 0 Å². The van der Waals surface area contributed by atoms with Gasteiger partial charge < -0.3 is 25.0 Å². The number of ether oxygens (including phenoxy) is 1. The Morgan fingerprint density at radius 3 is 2.61 bits per heavy atom. The maximum absolute atomic E-state index is 13.4. The average molecular weight is 557 g/mol. The van der Waals surface area contributed by atoms with Crippen molar-refractivity contribution in [3.05, 3.63) is 83.2 Å². The number of carbonyl (C=O) groups excluding carboxylic acids is 2. The van der Waals surface area contributed by atoms with Crippen LogP contribution in [0.15, 0.2) is 60.8 Å². The second-order valence-corrected chi connectivity index (χ2v) is 11.4. The maximum Gasteiger partial charge on any atom is 0.161 e. The van der Waals surface area contributed by atoms with Crippen LogP contribution < -0.4 is 9.72 Å². The van der Waals surface area contributed by atoms with Crippen LogP contribution in [0.25, 0.3) is 6.08 Å². The van der Waals surface area contributed by atoms with E-state index in [1.165, 1.54) is 0 Å². The van der Waals surface area contributed by atoms with Gasteiger partial charge in [-0.25, -0.2) is 0 Å². The minimum atomic E-state index is -0.655. The Labute approximate surface area is 240 Å². The zero-order valence-corrected chi connectivity index (χ0v) is 23.2. The highest BCUT2D eigenvalue weighted by atomic mass is 16.5. The number of hydrogen-bond donors (Lipinski definition) is 3. The number of aliphatic hydroxyl groups is 1. The third-order valence-electron chi connectivity index (χ3n) is 8.32. The van der Waals surface area contributed by atoms with Crippen molar-refractivity contribution in [1.29, 1.82) is 0 Å². The first-order chi connectivity index (χ1) is 19.9. The molecule has 7 nitrogen and oxygen atoms in total. The van der Waals surface area contributed by atoms with E-state index in [0.29, 0.717) is 31.4 Å². The smallest absolute Gasteiger partial charge is 0.161 e. The molecule has 2 aliphatic carbocycles. The number of hydrogen-bond acceptors (Lipinski definition) is 6. The topological polar surface area (TPSA) is 118 Å². The van der Waals surface area contributed by atoms with Crippen LogP contribution in [0.4, 0.5) is 0 Å². The number of Topliss-reactive ketones (excluding diaryl/α,β-unsaturated/α-hetero) is 2. The molecule has 7 heteroatoms. The van der Waals surface area contributed by atoms with E-state index in [2.05, 4.69) is 4.98 Å². The first-order valence-corrected chi connectivity index (χ1v) is 14.6. The van der Waals surface area contributed by atoms with Crippen molar-refractivity contribution >= 4 is 17.6 Å². The monoisotopic (exact) mass is 556 g/mol. The van der Waals surface area contributed by atoms with Crippen LogP contribution in [0.3, 0.4) is 0 Å². The summed E-state index contributed by atoms with van der Waals surface area (Å²) in [6, 6.07) is 14.1. The number of ketones is 2. The summed E-state index contributed by atoms with van der Waals surface area (Å²) < 4.78 is 5.98. The van der Waals surface area contributed by atoms with Gasteiger partial charge in [0.15, 0.2) is 11.5 Å². The molecule has 1 heterocycles. The van der Waals surface area contributed by atoms with Gasteiger partial charge in [0.05, 0.1) is 18.6 Å². The van der Waals surface area contributed by atoms with E-state index in [9.17, 15) is 24.9 Å². The summed E-state index contributed by atoms with van der Waals surface area (Å²) in [5, 5.41) is 30.8. The number of aromatic nitrogens is 1. The third kappa shape index (κ3) is 7.47.